The standard InChI is InChI=1S/C15H17Cl2N3O2/c16-12-10(6-18-14(17)20-12)13(21)19-11-8-1-7-2-9(11)5-15(22,3-7)4-8/h6-9,11,22H,1-5H2,(H,19,21)/t7?,8-,9+,11?,15?. The Labute approximate surface area is 138 Å². The molecule has 22 heavy (non-hydrogen) atoms. The molecule has 4 aliphatic carbocycles. The molecule has 1 aromatic rings. The van der Waals surface area contributed by atoms with Gasteiger partial charge in [0, 0.05) is 12.2 Å². The molecule has 1 aromatic heterocycles. The average molecular weight is 342 g/mol. The SMILES string of the molecule is O=C(NC1[C@@H]2CC3C[C@H]1CC(O)(C3)C2)c1cnc(Cl)nc1Cl. The predicted octanol–water partition coefficient (Wildman–Crippen LogP) is 2.45. The fourth-order valence-corrected chi connectivity index (χ4v) is 5.33. The van der Waals surface area contributed by atoms with Crippen molar-refractivity contribution in [3.8, 4) is 0 Å². The molecule has 0 saturated heterocycles. The summed E-state index contributed by atoms with van der Waals surface area (Å²) in [6.45, 7) is 0. The number of aromatic nitrogens is 2. The minimum absolute atomic E-state index is 0.0263. The van der Waals surface area contributed by atoms with Crippen LogP contribution in [0.4, 0.5) is 0 Å². The highest BCUT2D eigenvalue weighted by Crippen LogP contribution is 2.55. The molecule has 1 amide bonds. The Hall–Kier alpha value is -0.910. The molecule has 0 aliphatic heterocycles. The molecule has 0 spiro atoms. The van der Waals surface area contributed by atoms with Gasteiger partial charge >= 0.3 is 0 Å². The van der Waals surface area contributed by atoms with Gasteiger partial charge < -0.3 is 10.4 Å². The lowest BCUT2D eigenvalue weighted by molar-refractivity contribution is -0.136. The normalized spacial score (nSPS) is 39.0. The molecule has 0 aromatic carbocycles. The third-order valence-electron chi connectivity index (χ3n) is 5.50. The van der Waals surface area contributed by atoms with E-state index in [0.717, 1.165) is 32.1 Å². The fraction of sp³-hybridized carbons (Fsp3) is 0.667. The summed E-state index contributed by atoms with van der Waals surface area (Å²) in [6.07, 6.45) is 6.04. The van der Waals surface area contributed by atoms with Crippen LogP contribution in [-0.2, 0) is 0 Å². The van der Waals surface area contributed by atoms with Crippen molar-refractivity contribution in [2.24, 2.45) is 17.8 Å². The van der Waals surface area contributed by atoms with Crippen LogP contribution >= 0.6 is 23.2 Å². The van der Waals surface area contributed by atoms with Crippen LogP contribution in [0, 0.1) is 17.8 Å². The molecule has 5 atom stereocenters. The Kier molecular flexibility index (Phi) is 3.36. The highest BCUT2D eigenvalue weighted by atomic mass is 35.5. The fourth-order valence-electron chi connectivity index (χ4n) is 4.94. The first kappa shape index (κ1) is 14.7. The number of nitrogens with one attached hydrogen (secondary N) is 1. The number of aliphatic hydroxyl groups is 1. The summed E-state index contributed by atoms with van der Waals surface area (Å²) in [5, 5.41) is 13.8. The molecule has 7 heteroatoms. The highest BCUT2D eigenvalue weighted by Gasteiger charge is 2.55. The molecule has 5 nitrogen and oxygen atoms in total. The van der Waals surface area contributed by atoms with Crippen molar-refractivity contribution in [3.63, 3.8) is 0 Å². The van der Waals surface area contributed by atoms with Gasteiger partial charge in [0.05, 0.1) is 11.2 Å². The number of halogens is 2. The number of nitrogens with zero attached hydrogens (tertiary/aromatic N) is 2. The van der Waals surface area contributed by atoms with Crippen LogP contribution in [0.3, 0.4) is 0 Å². The van der Waals surface area contributed by atoms with E-state index in [4.69, 9.17) is 23.2 Å². The summed E-state index contributed by atoms with van der Waals surface area (Å²) >= 11 is 11.6. The first-order valence-electron chi connectivity index (χ1n) is 7.65. The number of carbonyl (C=O) groups is 1. The summed E-state index contributed by atoms with van der Waals surface area (Å²) < 4.78 is 0. The lowest BCUT2D eigenvalue weighted by Crippen LogP contribution is -2.61. The lowest BCUT2D eigenvalue weighted by atomic mass is 9.52. The van der Waals surface area contributed by atoms with E-state index in [9.17, 15) is 9.90 Å². The van der Waals surface area contributed by atoms with Crippen molar-refractivity contribution in [1.29, 1.82) is 0 Å². The minimum Gasteiger partial charge on any atom is -0.390 e. The molecule has 2 N–H and O–H groups in total. The zero-order valence-corrected chi connectivity index (χ0v) is 13.4. The zero-order chi connectivity index (χ0) is 15.5. The Morgan fingerprint density at radius 3 is 2.55 bits per heavy atom. The molecule has 4 aliphatic rings. The molecule has 118 valence electrons. The topological polar surface area (TPSA) is 75.1 Å². The summed E-state index contributed by atoms with van der Waals surface area (Å²) in [5.41, 5.74) is -0.253. The van der Waals surface area contributed by atoms with Gasteiger partial charge in [0.15, 0.2) is 0 Å². The summed E-state index contributed by atoms with van der Waals surface area (Å²) in [4.78, 5) is 20.1. The van der Waals surface area contributed by atoms with Crippen molar-refractivity contribution in [2.45, 2.75) is 43.7 Å². The molecule has 5 rings (SSSR count). The Bertz CT molecular complexity index is 623. The zero-order valence-electron chi connectivity index (χ0n) is 11.9. The van der Waals surface area contributed by atoms with E-state index < -0.39 is 5.60 Å². The molecular weight excluding hydrogens is 325 g/mol. The lowest BCUT2D eigenvalue weighted by Gasteiger charge is -2.58. The molecule has 1 heterocycles. The Balaban J connectivity index is 1.53. The Morgan fingerprint density at radius 1 is 1.27 bits per heavy atom. The number of hydrogen-bond acceptors (Lipinski definition) is 4. The van der Waals surface area contributed by atoms with Gasteiger partial charge in [-0.25, -0.2) is 9.97 Å². The third-order valence-corrected chi connectivity index (χ3v) is 5.97. The number of hydrogen-bond donors (Lipinski definition) is 2. The van der Waals surface area contributed by atoms with Crippen molar-refractivity contribution < 1.29 is 9.90 Å². The minimum atomic E-state index is -0.501. The second kappa shape index (κ2) is 5.05. The van der Waals surface area contributed by atoms with Crippen molar-refractivity contribution in [2.75, 3.05) is 0 Å². The average Bonchev–Trinajstić information content (AvgIpc) is 2.40. The maximum atomic E-state index is 12.5. The first-order chi connectivity index (χ1) is 10.4. The van der Waals surface area contributed by atoms with Crippen LogP contribution in [0.15, 0.2) is 6.20 Å². The Morgan fingerprint density at radius 2 is 1.95 bits per heavy atom. The van der Waals surface area contributed by atoms with Crippen molar-refractivity contribution in [1.82, 2.24) is 15.3 Å². The maximum absolute atomic E-state index is 12.5. The van der Waals surface area contributed by atoms with E-state index in [1.54, 1.807) is 0 Å². The highest BCUT2D eigenvalue weighted by molar-refractivity contribution is 6.34. The summed E-state index contributed by atoms with van der Waals surface area (Å²) in [6, 6.07) is 0.107. The van der Waals surface area contributed by atoms with E-state index in [1.807, 2.05) is 0 Å². The first-order valence-corrected chi connectivity index (χ1v) is 8.40. The van der Waals surface area contributed by atoms with E-state index in [1.165, 1.54) is 6.20 Å². The third kappa shape index (κ3) is 2.39. The van der Waals surface area contributed by atoms with E-state index >= 15 is 0 Å². The van der Waals surface area contributed by atoms with Gasteiger partial charge in [-0.1, -0.05) is 11.6 Å². The molecule has 0 radical (unpaired) electrons. The van der Waals surface area contributed by atoms with Gasteiger partial charge in [-0.05, 0) is 61.5 Å². The van der Waals surface area contributed by atoms with E-state index in [0.29, 0.717) is 17.8 Å². The van der Waals surface area contributed by atoms with Crippen LogP contribution in [0.25, 0.3) is 0 Å². The molecule has 3 unspecified atom stereocenters. The van der Waals surface area contributed by atoms with Crippen molar-refractivity contribution in [3.05, 3.63) is 22.2 Å². The smallest absolute Gasteiger partial charge is 0.256 e. The van der Waals surface area contributed by atoms with Crippen LogP contribution < -0.4 is 5.32 Å². The summed E-state index contributed by atoms with van der Waals surface area (Å²) in [5.74, 6) is 1.06. The van der Waals surface area contributed by atoms with E-state index in [-0.39, 0.29) is 27.9 Å². The largest absolute Gasteiger partial charge is 0.390 e. The van der Waals surface area contributed by atoms with Gasteiger partial charge in [0.2, 0.25) is 5.28 Å². The van der Waals surface area contributed by atoms with Gasteiger partial charge in [0.1, 0.15) is 5.15 Å². The molecule has 4 saturated carbocycles. The van der Waals surface area contributed by atoms with Gasteiger partial charge in [0.25, 0.3) is 5.91 Å². The van der Waals surface area contributed by atoms with Crippen molar-refractivity contribution >= 4 is 29.1 Å². The molecular formula is C15H17Cl2N3O2. The monoisotopic (exact) mass is 341 g/mol. The van der Waals surface area contributed by atoms with Crippen LogP contribution in [-0.4, -0.2) is 32.6 Å². The molecule has 4 bridgehead atoms. The van der Waals surface area contributed by atoms with Crippen LogP contribution in [0.2, 0.25) is 10.4 Å². The number of carbonyl (C=O) groups excluding carboxylic acids is 1. The van der Waals surface area contributed by atoms with Gasteiger partial charge in [-0.15, -0.1) is 0 Å². The summed E-state index contributed by atoms with van der Waals surface area (Å²) in [7, 11) is 0. The maximum Gasteiger partial charge on any atom is 0.256 e. The number of amides is 1. The van der Waals surface area contributed by atoms with Gasteiger partial charge in [-0.3, -0.25) is 4.79 Å². The predicted molar refractivity (Wildman–Crippen MR) is 81.8 cm³/mol. The quantitative estimate of drug-likeness (QED) is 0.640. The van der Waals surface area contributed by atoms with Crippen LogP contribution in [0.5, 0.6) is 0 Å². The van der Waals surface area contributed by atoms with E-state index in [2.05, 4.69) is 15.3 Å². The second-order valence-corrected chi connectivity index (χ2v) is 7.73. The second-order valence-electron chi connectivity index (χ2n) is 7.04. The van der Waals surface area contributed by atoms with Gasteiger partial charge in [-0.2, -0.15) is 0 Å². The van der Waals surface area contributed by atoms with Crippen LogP contribution in [0.1, 0.15) is 42.5 Å². The molecule has 4 fully saturated rings. The number of rotatable bonds is 2.